The molecule has 0 fully saturated rings. The van der Waals surface area contributed by atoms with E-state index in [4.69, 9.17) is 5.73 Å². The molecule has 0 spiro atoms. The van der Waals surface area contributed by atoms with Gasteiger partial charge in [0.15, 0.2) is 0 Å². The second kappa shape index (κ2) is 4.41. The molecule has 0 saturated carbocycles. The minimum absolute atomic E-state index is 0.480. The van der Waals surface area contributed by atoms with Crippen LogP contribution in [0.15, 0.2) is 47.7 Å². The van der Waals surface area contributed by atoms with Gasteiger partial charge >= 0.3 is 0 Å². The Bertz CT molecular complexity index is 431. The fourth-order valence-corrected chi connectivity index (χ4v) is 1.24. The molecule has 0 bridgehead atoms. The third-order valence-corrected chi connectivity index (χ3v) is 2.02. The Hall–Kier alpha value is -2.10. The lowest BCUT2D eigenvalue weighted by Crippen LogP contribution is -2.13. The molecule has 0 atom stereocenters. The van der Waals surface area contributed by atoms with Crippen molar-refractivity contribution in [2.75, 3.05) is 0 Å². The van der Waals surface area contributed by atoms with E-state index < -0.39 is 0 Å². The molecule has 0 unspecified atom stereocenters. The molecular formula is C11H12N4. The maximum Gasteiger partial charge on any atom is 0.127 e. The predicted molar refractivity (Wildman–Crippen MR) is 59.5 cm³/mol. The Morgan fingerprint density at radius 3 is 2.80 bits per heavy atom. The summed E-state index contributed by atoms with van der Waals surface area (Å²) in [6, 6.07) is 9.68. The van der Waals surface area contributed by atoms with E-state index in [0.717, 1.165) is 11.4 Å². The summed E-state index contributed by atoms with van der Waals surface area (Å²) in [5.41, 5.74) is 6.75. The summed E-state index contributed by atoms with van der Waals surface area (Å²) in [5, 5.41) is 0. The third kappa shape index (κ3) is 2.43. The van der Waals surface area contributed by atoms with Crippen LogP contribution in [0.5, 0.6) is 0 Å². The van der Waals surface area contributed by atoms with Gasteiger partial charge in [-0.3, -0.25) is 4.99 Å². The molecule has 0 aliphatic heterocycles. The van der Waals surface area contributed by atoms with E-state index in [1.807, 2.05) is 30.3 Å². The molecular weight excluding hydrogens is 188 g/mol. The highest BCUT2D eigenvalue weighted by Crippen LogP contribution is 1.99. The van der Waals surface area contributed by atoms with Crippen molar-refractivity contribution in [3.05, 3.63) is 54.1 Å². The molecule has 0 radical (unpaired) electrons. The van der Waals surface area contributed by atoms with Gasteiger partial charge in [-0.2, -0.15) is 0 Å². The van der Waals surface area contributed by atoms with Gasteiger partial charge in [0.25, 0.3) is 0 Å². The van der Waals surface area contributed by atoms with Gasteiger partial charge in [-0.1, -0.05) is 30.3 Å². The fraction of sp³-hybridized carbons (Fsp3) is 0.0909. The van der Waals surface area contributed by atoms with Gasteiger partial charge in [0, 0.05) is 18.0 Å². The van der Waals surface area contributed by atoms with Crippen LogP contribution in [0.3, 0.4) is 0 Å². The first-order valence-corrected chi connectivity index (χ1v) is 4.70. The van der Waals surface area contributed by atoms with Crippen LogP contribution in [0.25, 0.3) is 0 Å². The molecule has 0 saturated heterocycles. The van der Waals surface area contributed by atoms with E-state index in [1.165, 1.54) is 0 Å². The zero-order valence-corrected chi connectivity index (χ0v) is 8.22. The molecule has 1 aromatic carbocycles. The fourth-order valence-electron chi connectivity index (χ4n) is 1.24. The molecule has 76 valence electrons. The Labute approximate surface area is 87.9 Å². The number of H-pyrrole nitrogens is 1. The molecule has 3 N–H and O–H groups in total. The lowest BCUT2D eigenvalue weighted by atomic mass is 10.2. The number of aliphatic imine (C=N–C) groups is 1. The van der Waals surface area contributed by atoms with Crippen molar-refractivity contribution >= 4 is 5.84 Å². The first-order chi connectivity index (χ1) is 7.36. The lowest BCUT2D eigenvalue weighted by Gasteiger charge is -1.99. The number of amidine groups is 1. The maximum absolute atomic E-state index is 5.82. The summed E-state index contributed by atoms with van der Waals surface area (Å²) >= 11 is 0. The molecule has 1 aromatic heterocycles. The minimum Gasteiger partial charge on any atom is -0.383 e. The van der Waals surface area contributed by atoms with Crippen molar-refractivity contribution in [1.82, 2.24) is 9.97 Å². The topological polar surface area (TPSA) is 67.1 Å². The average Bonchev–Trinajstić information content (AvgIpc) is 2.80. The van der Waals surface area contributed by atoms with Gasteiger partial charge in [0.2, 0.25) is 0 Å². The number of nitrogens with one attached hydrogen (secondary N) is 1. The normalized spacial score (nSPS) is 11.6. The predicted octanol–water partition coefficient (Wildman–Crippen LogP) is 1.32. The average molecular weight is 200 g/mol. The summed E-state index contributed by atoms with van der Waals surface area (Å²) in [6.45, 7) is 0.480. The first kappa shape index (κ1) is 9.45. The highest BCUT2D eigenvalue weighted by Gasteiger charge is 1.97. The van der Waals surface area contributed by atoms with E-state index in [-0.39, 0.29) is 0 Å². The second-order valence-corrected chi connectivity index (χ2v) is 3.10. The Morgan fingerprint density at radius 1 is 1.33 bits per heavy atom. The molecule has 4 nitrogen and oxygen atoms in total. The SMILES string of the molecule is NC(=NCc1ncc[nH]1)c1ccccc1. The number of nitrogens with zero attached hydrogens (tertiary/aromatic N) is 2. The number of imidazole rings is 1. The quantitative estimate of drug-likeness (QED) is 0.579. The molecule has 1 heterocycles. The summed E-state index contributed by atoms with van der Waals surface area (Å²) in [6.07, 6.45) is 3.47. The van der Waals surface area contributed by atoms with Gasteiger partial charge in [-0.05, 0) is 0 Å². The molecule has 4 heteroatoms. The Morgan fingerprint density at radius 2 is 2.13 bits per heavy atom. The van der Waals surface area contributed by atoms with Crippen LogP contribution in [0, 0.1) is 0 Å². The van der Waals surface area contributed by atoms with Crippen LogP contribution in [0.2, 0.25) is 0 Å². The van der Waals surface area contributed by atoms with E-state index in [0.29, 0.717) is 12.4 Å². The van der Waals surface area contributed by atoms with Crippen LogP contribution in [-0.4, -0.2) is 15.8 Å². The smallest absolute Gasteiger partial charge is 0.127 e. The molecule has 2 rings (SSSR count). The van der Waals surface area contributed by atoms with Gasteiger partial charge in [-0.15, -0.1) is 0 Å². The zero-order valence-electron chi connectivity index (χ0n) is 8.22. The van der Waals surface area contributed by atoms with Crippen molar-refractivity contribution in [2.45, 2.75) is 6.54 Å². The number of aromatic amines is 1. The molecule has 0 aliphatic rings. The first-order valence-electron chi connectivity index (χ1n) is 4.70. The number of aromatic nitrogens is 2. The highest BCUT2D eigenvalue weighted by atomic mass is 15.0. The van der Waals surface area contributed by atoms with Crippen molar-refractivity contribution in [2.24, 2.45) is 10.7 Å². The molecule has 0 amide bonds. The van der Waals surface area contributed by atoms with E-state index in [2.05, 4.69) is 15.0 Å². The van der Waals surface area contributed by atoms with Crippen LogP contribution < -0.4 is 5.73 Å². The largest absolute Gasteiger partial charge is 0.383 e. The molecule has 15 heavy (non-hydrogen) atoms. The van der Waals surface area contributed by atoms with Crippen molar-refractivity contribution in [3.8, 4) is 0 Å². The third-order valence-electron chi connectivity index (χ3n) is 2.02. The lowest BCUT2D eigenvalue weighted by molar-refractivity contribution is 0.947. The summed E-state index contributed by atoms with van der Waals surface area (Å²) in [5.74, 6) is 1.35. The Balaban J connectivity index is 2.08. The summed E-state index contributed by atoms with van der Waals surface area (Å²) in [7, 11) is 0. The number of hydrogen-bond acceptors (Lipinski definition) is 2. The Kier molecular flexibility index (Phi) is 2.78. The highest BCUT2D eigenvalue weighted by molar-refractivity contribution is 5.97. The standard InChI is InChI=1S/C11H12N4/c12-11(9-4-2-1-3-5-9)15-8-10-13-6-7-14-10/h1-7H,8H2,(H2,12,15)(H,13,14). The number of rotatable bonds is 3. The van der Waals surface area contributed by atoms with E-state index in [1.54, 1.807) is 12.4 Å². The summed E-state index contributed by atoms with van der Waals surface area (Å²) < 4.78 is 0. The van der Waals surface area contributed by atoms with Gasteiger partial charge in [-0.25, -0.2) is 4.98 Å². The van der Waals surface area contributed by atoms with Gasteiger partial charge < -0.3 is 10.7 Å². The second-order valence-electron chi connectivity index (χ2n) is 3.10. The van der Waals surface area contributed by atoms with Crippen LogP contribution >= 0.6 is 0 Å². The van der Waals surface area contributed by atoms with Gasteiger partial charge in [0.05, 0.1) is 6.54 Å². The van der Waals surface area contributed by atoms with Crippen molar-refractivity contribution < 1.29 is 0 Å². The zero-order chi connectivity index (χ0) is 10.5. The number of hydrogen-bond donors (Lipinski definition) is 2. The van der Waals surface area contributed by atoms with Crippen LogP contribution in [0.1, 0.15) is 11.4 Å². The molecule has 2 aromatic rings. The van der Waals surface area contributed by atoms with Crippen molar-refractivity contribution in [3.63, 3.8) is 0 Å². The number of nitrogens with two attached hydrogens (primary N) is 1. The van der Waals surface area contributed by atoms with E-state index in [9.17, 15) is 0 Å². The van der Waals surface area contributed by atoms with Crippen LogP contribution in [-0.2, 0) is 6.54 Å². The number of benzene rings is 1. The minimum atomic E-state index is 0.480. The summed E-state index contributed by atoms with van der Waals surface area (Å²) in [4.78, 5) is 11.3. The van der Waals surface area contributed by atoms with Crippen molar-refractivity contribution in [1.29, 1.82) is 0 Å². The van der Waals surface area contributed by atoms with Crippen LogP contribution in [0.4, 0.5) is 0 Å². The van der Waals surface area contributed by atoms with Gasteiger partial charge in [0.1, 0.15) is 11.7 Å². The maximum atomic E-state index is 5.82. The van der Waals surface area contributed by atoms with E-state index >= 15 is 0 Å². The monoisotopic (exact) mass is 200 g/mol. The molecule has 0 aliphatic carbocycles.